The Hall–Kier alpha value is -1.56. The second kappa shape index (κ2) is 13.1. The Morgan fingerprint density at radius 2 is 1.32 bits per heavy atom. The van der Waals surface area contributed by atoms with E-state index in [0.29, 0.717) is 0 Å². The Labute approximate surface area is 192 Å². The summed E-state index contributed by atoms with van der Waals surface area (Å²) in [4.78, 5) is 0. The molecule has 170 valence electrons. The van der Waals surface area contributed by atoms with E-state index in [2.05, 4.69) is 69.3 Å². The molecule has 0 saturated heterocycles. The van der Waals surface area contributed by atoms with Gasteiger partial charge in [-0.15, -0.1) is 0 Å². The summed E-state index contributed by atoms with van der Waals surface area (Å²) in [5.41, 5.74) is 5.78. The molecule has 0 aromatic heterocycles. The summed E-state index contributed by atoms with van der Waals surface area (Å²) in [6, 6.07) is 18.9. The summed E-state index contributed by atoms with van der Waals surface area (Å²) >= 11 is 0. The van der Waals surface area contributed by atoms with Crippen molar-refractivity contribution in [3.05, 3.63) is 59.7 Å². The number of hydrogen-bond acceptors (Lipinski definition) is 0. The Balaban J connectivity index is 1.52. The highest BCUT2D eigenvalue weighted by Gasteiger charge is 2.22. The largest absolute Gasteiger partial charge is 0.0654 e. The average Bonchev–Trinajstić information content (AvgIpc) is 2.83. The molecule has 0 nitrogen and oxygen atoms in total. The first-order valence-electron chi connectivity index (χ1n) is 13.4. The first-order valence-corrected chi connectivity index (χ1v) is 13.4. The van der Waals surface area contributed by atoms with Gasteiger partial charge in [0, 0.05) is 0 Å². The number of unbranched alkanes of at least 4 members (excludes halogenated alkanes) is 3. The van der Waals surface area contributed by atoms with Gasteiger partial charge in [0.15, 0.2) is 0 Å². The Bertz CT molecular complexity index is 716. The SMILES string of the molecule is CCCCCC1CCC(c2ccc(-c3ccc(CC(CC)CCCC)cc3)cc2)CC1. The van der Waals surface area contributed by atoms with Crippen LogP contribution in [-0.4, -0.2) is 0 Å². The van der Waals surface area contributed by atoms with Crippen molar-refractivity contribution in [3.8, 4) is 11.1 Å². The smallest absolute Gasteiger partial charge is 0.0162 e. The van der Waals surface area contributed by atoms with Crippen molar-refractivity contribution in [3.63, 3.8) is 0 Å². The third-order valence-electron chi connectivity index (χ3n) is 7.80. The highest BCUT2D eigenvalue weighted by molar-refractivity contribution is 5.64. The molecule has 2 aromatic rings. The van der Waals surface area contributed by atoms with Gasteiger partial charge in [0.25, 0.3) is 0 Å². The molecule has 31 heavy (non-hydrogen) atoms. The molecular formula is C31H46. The highest BCUT2D eigenvalue weighted by Crippen LogP contribution is 2.38. The Morgan fingerprint density at radius 3 is 1.90 bits per heavy atom. The van der Waals surface area contributed by atoms with Crippen molar-refractivity contribution in [2.45, 2.75) is 110 Å². The van der Waals surface area contributed by atoms with Gasteiger partial charge in [0.05, 0.1) is 0 Å². The molecule has 1 saturated carbocycles. The fraction of sp³-hybridized carbons (Fsp3) is 0.613. The second-order valence-electron chi connectivity index (χ2n) is 10.2. The van der Waals surface area contributed by atoms with E-state index >= 15 is 0 Å². The molecule has 0 bridgehead atoms. The maximum absolute atomic E-state index is 2.41. The number of hydrogen-bond donors (Lipinski definition) is 0. The first-order chi connectivity index (χ1) is 15.2. The maximum atomic E-state index is 2.41. The predicted octanol–water partition coefficient (Wildman–Crippen LogP) is 9.97. The van der Waals surface area contributed by atoms with E-state index in [1.165, 1.54) is 100 Å². The van der Waals surface area contributed by atoms with Crippen LogP contribution in [0.4, 0.5) is 0 Å². The lowest BCUT2D eigenvalue weighted by atomic mass is 9.77. The van der Waals surface area contributed by atoms with E-state index in [-0.39, 0.29) is 0 Å². The standard InChI is InChI=1S/C31H46/c1-4-7-9-11-26-12-16-28(17-13-26)30-20-22-31(23-21-30)29-18-14-27(15-19-29)24-25(6-3)10-8-5-2/h14-15,18-23,25-26,28H,4-13,16-17,24H2,1-3H3. The minimum atomic E-state index is 0.785. The summed E-state index contributed by atoms with van der Waals surface area (Å²) in [5.74, 6) is 2.62. The van der Waals surface area contributed by atoms with Crippen LogP contribution in [0.5, 0.6) is 0 Å². The van der Waals surface area contributed by atoms with Gasteiger partial charge in [-0.3, -0.25) is 0 Å². The number of benzene rings is 2. The van der Waals surface area contributed by atoms with Gasteiger partial charge < -0.3 is 0 Å². The summed E-state index contributed by atoms with van der Waals surface area (Å²) in [7, 11) is 0. The van der Waals surface area contributed by atoms with Crippen LogP contribution in [0.2, 0.25) is 0 Å². The van der Waals surface area contributed by atoms with E-state index in [1.54, 1.807) is 5.56 Å². The molecule has 1 unspecified atom stereocenters. The van der Waals surface area contributed by atoms with Gasteiger partial charge in [-0.1, -0.05) is 121 Å². The van der Waals surface area contributed by atoms with Crippen LogP contribution in [0, 0.1) is 11.8 Å². The van der Waals surface area contributed by atoms with Crippen LogP contribution in [0.15, 0.2) is 48.5 Å². The van der Waals surface area contributed by atoms with Crippen molar-refractivity contribution >= 4 is 0 Å². The van der Waals surface area contributed by atoms with E-state index in [9.17, 15) is 0 Å². The molecule has 2 aromatic carbocycles. The van der Waals surface area contributed by atoms with E-state index in [0.717, 1.165) is 17.8 Å². The van der Waals surface area contributed by atoms with Crippen molar-refractivity contribution < 1.29 is 0 Å². The van der Waals surface area contributed by atoms with E-state index in [4.69, 9.17) is 0 Å². The molecule has 0 heteroatoms. The Morgan fingerprint density at radius 1 is 0.710 bits per heavy atom. The molecule has 0 aliphatic heterocycles. The quantitative estimate of drug-likeness (QED) is 0.301. The summed E-state index contributed by atoms with van der Waals surface area (Å²) in [6.45, 7) is 6.95. The highest BCUT2D eigenvalue weighted by atomic mass is 14.3. The zero-order valence-corrected chi connectivity index (χ0v) is 20.5. The van der Waals surface area contributed by atoms with Gasteiger partial charge in [0.2, 0.25) is 0 Å². The molecule has 0 N–H and O–H groups in total. The molecule has 1 fully saturated rings. The fourth-order valence-corrected chi connectivity index (χ4v) is 5.53. The first kappa shape index (κ1) is 24.1. The van der Waals surface area contributed by atoms with Gasteiger partial charge >= 0.3 is 0 Å². The van der Waals surface area contributed by atoms with Crippen molar-refractivity contribution in [2.24, 2.45) is 11.8 Å². The molecule has 3 rings (SSSR count). The zero-order valence-electron chi connectivity index (χ0n) is 20.5. The number of rotatable bonds is 12. The van der Waals surface area contributed by atoms with Gasteiger partial charge in [0.1, 0.15) is 0 Å². The van der Waals surface area contributed by atoms with Crippen LogP contribution < -0.4 is 0 Å². The zero-order chi connectivity index (χ0) is 21.9. The molecular weight excluding hydrogens is 372 g/mol. The lowest BCUT2D eigenvalue weighted by Crippen LogP contribution is -2.13. The fourth-order valence-electron chi connectivity index (χ4n) is 5.53. The predicted molar refractivity (Wildman–Crippen MR) is 138 cm³/mol. The maximum Gasteiger partial charge on any atom is -0.0162 e. The molecule has 1 aliphatic carbocycles. The van der Waals surface area contributed by atoms with Crippen LogP contribution in [0.25, 0.3) is 11.1 Å². The summed E-state index contributed by atoms with van der Waals surface area (Å²) in [6.07, 6.45) is 17.9. The van der Waals surface area contributed by atoms with Gasteiger partial charge in [-0.2, -0.15) is 0 Å². The van der Waals surface area contributed by atoms with Crippen molar-refractivity contribution in [1.82, 2.24) is 0 Å². The van der Waals surface area contributed by atoms with E-state index < -0.39 is 0 Å². The minimum absolute atomic E-state index is 0.785. The molecule has 0 amide bonds. The lowest BCUT2D eigenvalue weighted by molar-refractivity contribution is 0.303. The molecule has 1 atom stereocenters. The lowest BCUT2D eigenvalue weighted by Gasteiger charge is -2.29. The summed E-state index contributed by atoms with van der Waals surface area (Å²) < 4.78 is 0. The van der Waals surface area contributed by atoms with Gasteiger partial charge in [-0.05, 0) is 72.1 Å². The monoisotopic (exact) mass is 418 g/mol. The second-order valence-corrected chi connectivity index (χ2v) is 10.2. The third-order valence-corrected chi connectivity index (χ3v) is 7.80. The molecule has 0 spiro atoms. The van der Waals surface area contributed by atoms with Gasteiger partial charge in [-0.25, -0.2) is 0 Å². The third kappa shape index (κ3) is 7.51. The van der Waals surface area contributed by atoms with Crippen LogP contribution in [0.3, 0.4) is 0 Å². The molecule has 1 aliphatic rings. The van der Waals surface area contributed by atoms with Crippen molar-refractivity contribution in [1.29, 1.82) is 0 Å². The Kier molecular flexibility index (Phi) is 10.2. The minimum Gasteiger partial charge on any atom is -0.0654 e. The summed E-state index contributed by atoms with van der Waals surface area (Å²) in [5, 5.41) is 0. The van der Waals surface area contributed by atoms with Crippen molar-refractivity contribution in [2.75, 3.05) is 0 Å². The average molecular weight is 419 g/mol. The molecule has 0 radical (unpaired) electrons. The molecule has 0 heterocycles. The topological polar surface area (TPSA) is 0 Å². The van der Waals surface area contributed by atoms with Crippen LogP contribution in [0.1, 0.15) is 115 Å². The van der Waals surface area contributed by atoms with E-state index in [1.807, 2.05) is 0 Å². The normalized spacial score (nSPS) is 20.0. The van der Waals surface area contributed by atoms with Crippen LogP contribution in [-0.2, 0) is 6.42 Å². The van der Waals surface area contributed by atoms with Crippen LogP contribution >= 0.6 is 0 Å².